The van der Waals surface area contributed by atoms with E-state index in [9.17, 15) is 8.42 Å². The first-order chi connectivity index (χ1) is 8.64. The summed E-state index contributed by atoms with van der Waals surface area (Å²) >= 11 is 0. The first-order valence-corrected chi connectivity index (χ1v) is 8.33. The summed E-state index contributed by atoms with van der Waals surface area (Å²) in [6.45, 7) is 3.63. The van der Waals surface area contributed by atoms with Gasteiger partial charge in [0.1, 0.15) is 0 Å². The van der Waals surface area contributed by atoms with E-state index in [1.165, 1.54) is 0 Å². The van der Waals surface area contributed by atoms with Crippen molar-refractivity contribution in [1.29, 1.82) is 0 Å². The smallest absolute Gasteiger partial charge is 0.218 e. The second-order valence-electron chi connectivity index (χ2n) is 5.31. The molecule has 0 aromatic carbocycles. The van der Waals surface area contributed by atoms with Crippen molar-refractivity contribution in [3.63, 3.8) is 0 Å². The number of piperidine rings is 2. The Labute approximate surface area is 110 Å². The molecule has 18 heavy (non-hydrogen) atoms. The minimum absolute atomic E-state index is 0.217. The molecule has 2 rings (SSSR count). The van der Waals surface area contributed by atoms with Crippen LogP contribution in [0.1, 0.15) is 25.7 Å². The minimum atomic E-state index is -3.09. The van der Waals surface area contributed by atoms with Gasteiger partial charge >= 0.3 is 0 Å². The fourth-order valence-electron chi connectivity index (χ4n) is 2.85. The number of ether oxygens (including phenoxy) is 1. The normalized spacial score (nSPS) is 28.4. The van der Waals surface area contributed by atoms with E-state index in [1.807, 2.05) is 0 Å². The summed E-state index contributed by atoms with van der Waals surface area (Å²) in [5.74, 6) is 0.519. The lowest BCUT2D eigenvalue weighted by Crippen LogP contribution is -2.48. The fraction of sp³-hybridized carbons (Fsp3) is 1.00. The molecule has 2 aliphatic heterocycles. The Kier molecular flexibility index (Phi) is 5.00. The molecule has 0 radical (unpaired) electrons. The maximum atomic E-state index is 12.5. The van der Waals surface area contributed by atoms with Crippen LogP contribution in [0.15, 0.2) is 0 Å². The van der Waals surface area contributed by atoms with Crippen LogP contribution in [0.2, 0.25) is 0 Å². The van der Waals surface area contributed by atoms with Crippen LogP contribution in [0.25, 0.3) is 0 Å². The largest absolute Gasteiger partial charge is 0.384 e. The molecular weight excluding hydrogens is 252 g/mol. The lowest BCUT2D eigenvalue weighted by atomic mass is 9.99. The van der Waals surface area contributed by atoms with Gasteiger partial charge in [0.2, 0.25) is 10.0 Å². The van der Waals surface area contributed by atoms with E-state index >= 15 is 0 Å². The van der Waals surface area contributed by atoms with Gasteiger partial charge in [-0.05, 0) is 38.1 Å². The third-order valence-electron chi connectivity index (χ3n) is 4.01. The highest BCUT2D eigenvalue weighted by atomic mass is 32.2. The van der Waals surface area contributed by atoms with Crippen molar-refractivity contribution in [2.75, 3.05) is 39.9 Å². The molecule has 1 N–H and O–H groups in total. The van der Waals surface area contributed by atoms with Gasteiger partial charge in [-0.25, -0.2) is 12.7 Å². The quantitative estimate of drug-likeness (QED) is 0.809. The zero-order chi connectivity index (χ0) is 13.0. The molecule has 2 saturated heterocycles. The van der Waals surface area contributed by atoms with Crippen LogP contribution in [-0.2, 0) is 14.8 Å². The predicted molar refractivity (Wildman–Crippen MR) is 71.0 cm³/mol. The highest BCUT2D eigenvalue weighted by molar-refractivity contribution is 7.89. The Hall–Kier alpha value is -0.170. The van der Waals surface area contributed by atoms with Crippen molar-refractivity contribution in [2.24, 2.45) is 5.92 Å². The number of methoxy groups -OCH3 is 1. The molecule has 1 unspecified atom stereocenters. The van der Waals surface area contributed by atoms with Gasteiger partial charge in [-0.2, -0.15) is 0 Å². The first-order valence-electron chi connectivity index (χ1n) is 6.83. The van der Waals surface area contributed by atoms with Gasteiger partial charge in [-0.3, -0.25) is 0 Å². The molecule has 0 aromatic heterocycles. The lowest BCUT2D eigenvalue weighted by molar-refractivity contribution is 0.121. The number of nitrogens with one attached hydrogen (secondary N) is 1. The lowest BCUT2D eigenvalue weighted by Gasteiger charge is -2.34. The summed E-state index contributed by atoms with van der Waals surface area (Å²) < 4.78 is 31.8. The zero-order valence-electron chi connectivity index (χ0n) is 11.1. The van der Waals surface area contributed by atoms with Gasteiger partial charge in [-0.15, -0.1) is 0 Å². The summed E-state index contributed by atoms with van der Waals surface area (Å²) in [6.07, 6.45) is 3.61. The topological polar surface area (TPSA) is 58.6 Å². The monoisotopic (exact) mass is 276 g/mol. The number of hydrogen-bond acceptors (Lipinski definition) is 4. The Bertz CT molecular complexity index is 344. The molecule has 0 aliphatic carbocycles. The van der Waals surface area contributed by atoms with E-state index in [0.717, 1.165) is 38.8 Å². The van der Waals surface area contributed by atoms with E-state index in [1.54, 1.807) is 11.4 Å². The molecule has 2 heterocycles. The summed E-state index contributed by atoms with van der Waals surface area (Å²) in [6, 6.07) is 0. The van der Waals surface area contributed by atoms with Crippen LogP contribution in [-0.4, -0.2) is 57.9 Å². The molecule has 2 aliphatic rings. The fourth-order valence-corrected chi connectivity index (χ4v) is 4.79. The molecule has 0 amide bonds. The Morgan fingerprint density at radius 3 is 2.56 bits per heavy atom. The molecule has 0 saturated carbocycles. The molecule has 2 fully saturated rings. The van der Waals surface area contributed by atoms with Crippen LogP contribution < -0.4 is 5.32 Å². The van der Waals surface area contributed by atoms with Crippen molar-refractivity contribution in [2.45, 2.75) is 30.9 Å². The van der Waals surface area contributed by atoms with Crippen molar-refractivity contribution >= 4 is 10.0 Å². The van der Waals surface area contributed by atoms with E-state index in [4.69, 9.17) is 4.74 Å². The van der Waals surface area contributed by atoms with E-state index in [-0.39, 0.29) is 5.25 Å². The predicted octanol–water partition coefficient (Wildman–Crippen LogP) is 0.427. The summed E-state index contributed by atoms with van der Waals surface area (Å²) in [7, 11) is -1.39. The average molecular weight is 276 g/mol. The SMILES string of the molecule is COCC1CCN(S(=O)(=O)C2CCCNC2)CC1. The van der Waals surface area contributed by atoms with Gasteiger partial charge in [0, 0.05) is 33.4 Å². The third kappa shape index (κ3) is 3.23. The molecule has 6 heteroatoms. The van der Waals surface area contributed by atoms with Gasteiger partial charge < -0.3 is 10.1 Å². The Balaban J connectivity index is 1.91. The molecule has 0 bridgehead atoms. The first kappa shape index (κ1) is 14.2. The van der Waals surface area contributed by atoms with E-state index in [0.29, 0.717) is 25.6 Å². The standard InChI is InChI=1S/C12H24N2O3S/c1-17-10-11-4-7-14(8-5-11)18(15,16)12-3-2-6-13-9-12/h11-13H,2-10H2,1H3. The third-order valence-corrected chi connectivity index (χ3v) is 6.34. The average Bonchev–Trinajstić information content (AvgIpc) is 2.41. The second kappa shape index (κ2) is 6.32. The second-order valence-corrected chi connectivity index (χ2v) is 7.52. The maximum Gasteiger partial charge on any atom is 0.218 e. The van der Waals surface area contributed by atoms with Crippen molar-refractivity contribution in [3.8, 4) is 0 Å². The van der Waals surface area contributed by atoms with Crippen molar-refractivity contribution < 1.29 is 13.2 Å². The molecular formula is C12H24N2O3S. The van der Waals surface area contributed by atoms with E-state index < -0.39 is 10.0 Å². The van der Waals surface area contributed by atoms with Crippen LogP contribution in [0.3, 0.4) is 0 Å². The van der Waals surface area contributed by atoms with E-state index in [2.05, 4.69) is 5.32 Å². The molecule has 0 aromatic rings. The molecule has 5 nitrogen and oxygen atoms in total. The highest BCUT2D eigenvalue weighted by Crippen LogP contribution is 2.23. The van der Waals surface area contributed by atoms with Gasteiger partial charge in [0.05, 0.1) is 5.25 Å². The van der Waals surface area contributed by atoms with Crippen LogP contribution in [0.4, 0.5) is 0 Å². The summed E-state index contributed by atoms with van der Waals surface area (Å²) in [5.41, 5.74) is 0. The van der Waals surface area contributed by atoms with Crippen LogP contribution in [0, 0.1) is 5.92 Å². The number of hydrogen-bond donors (Lipinski definition) is 1. The number of nitrogens with zero attached hydrogens (tertiary/aromatic N) is 1. The van der Waals surface area contributed by atoms with Crippen LogP contribution >= 0.6 is 0 Å². The van der Waals surface area contributed by atoms with Gasteiger partial charge in [0.15, 0.2) is 0 Å². The zero-order valence-corrected chi connectivity index (χ0v) is 11.9. The molecule has 0 spiro atoms. The maximum absolute atomic E-state index is 12.5. The molecule has 1 atom stereocenters. The summed E-state index contributed by atoms with van der Waals surface area (Å²) in [4.78, 5) is 0. The van der Waals surface area contributed by atoms with Crippen molar-refractivity contribution in [1.82, 2.24) is 9.62 Å². The van der Waals surface area contributed by atoms with Crippen LogP contribution in [0.5, 0.6) is 0 Å². The van der Waals surface area contributed by atoms with Gasteiger partial charge in [0.25, 0.3) is 0 Å². The Morgan fingerprint density at radius 1 is 1.28 bits per heavy atom. The van der Waals surface area contributed by atoms with Gasteiger partial charge in [-0.1, -0.05) is 0 Å². The number of sulfonamides is 1. The molecule has 106 valence electrons. The number of rotatable bonds is 4. The summed E-state index contributed by atoms with van der Waals surface area (Å²) in [5, 5.41) is 2.97. The highest BCUT2D eigenvalue weighted by Gasteiger charge is 2.35. The van der Waals surface area contributed by atoms with Crippen molar-refractivity contribution in [3.05, 3.63) is 0 Å². The minimum Gasteiger partial charge on any atom is -0.384 e. The Morgan fingerprint density at radius 2 is 2.00 bits per heavy atom.